The van der Waals surface area contributed by atoms with Crippen molar-refractivity contribution in [3.8, 4) is 0 Å². The van der Waals surface area contributed by atoms with E-state index >= 15 is 0 Å². The molecule has 0 fully saturated rings. The van der Waals surface area contributed by atoms with Crippen LogP contribution in [-0.4, -0.2) is 22.8 Å². The standard InChI is InChI=1S/C12H26Cl2Si3/c1-7-17(8-2,11-9-15(3,4)13)12-10-16(5,6)14/h7-8H,1-2,9-12H2,3-6H3. The van der Waals surface area contributed by atoms with Gasteiger partial charge in [0.25, 0.3) is 0 Å². The summed E-state index contributed by atoms with van der Waals surface area (Å²) in [5, 5.41) is 0. The Morgan fingerprint density at radius 3 is 1.24 bits per heavy atom. The second kappa shape index (κ2) is 6.75. The second-order valence-electron chi connectivity index (χ2n) is 6.08. The van der Waals surface area contributed by atoms with Gasteiger partial charge in [0.1, 0.15) is 14.8 Å². The Labute approximate surface area is 120 Å². The van der Waals surface area contributed by atoms with E-state index in [0.29, 0.717) is 0 Å². The molecule has 0 atom stereocenters. The van der Waals surface area contributed by atoms with Crippen molar-refractivity contribution in [3.63, 3.8) is 0 Å². The van der Waals surface area contributed by atoms with Gasteiger partial charge in [0.2, 0.25) is 0 Å². The minimum atomic E-state index is -1.53. The fourth-order valence-corrected chi connectivity index (χ4v) is 13.1. The first-order valence-electron chi connectivity index (χ1n) is 6.19. The molecule has 0 radical (unpaired) electrons. The first kappa shape index (κ1) is 17.7. The predicted octanol–water partition coefficient (Wildman–Crippen LogP) is 5.77. The summed E-state index contributed by atoms with van der Waals surface area (Å²) in [6.45, 7) is 16.9. The molecule has 100 valence electrons. The number of halogens is 2. The summed E-state index contributed by atoms with van der Waals surface area (Å²) in [4.78, 5) is 0. The Bertz CT molecular complexity index is 236. The molecule has 0 spiro atoms. The van der Waals surface area contributed by atoms with Crippen LogP contribution in [0.1, 0.15) is 0 Å². The molecule has 0 aromatic heterocycles. The largest absolute Gasteiger partial charge is 0.168 e. The van der Waals surface area contributed by atoms with Gasteiger partial charge in [-0.05, 0) is 12.1 Å². The lowest BCUT2D eigenvalue weighted by molar-refractivity contribution is 1.24. The summed E-state index contributed by atoms with van der Waals surface area (Å²) in [6, 6.07) is 4.71. The van der Waals surface area contributed by atoms with Crippen LogP contribution < -0.4 is 0 Å². The fourth-order valence-electron chi connectivity index (χ4n) is 1.68. The minimum Gasteiger partial charge on any atom is -0.168 e. The normalized spacial score (nSPS) is 13.5. The van der Waals surface area contributed by atoms with Crippen LogP contribution in [0.4, 0.5) is 0 Å². The van der Waals surface area contributed by atoms with Gasteiger partial charge in [0.05, 0.1) is 8.07 Å². The van der Waals surface area contributed by atoms with Gasteiger partial charge in [-0.2, -0.15) is 22.2 Å². The van der Waals surface area contributed by atoms with Gasteiger partial charge >= 0.3 is 0 Å². The summed E-state index contributed by atoms with van der Waals surface area (Å²) in [5.41, 5.74) is 4.35. The van der Waals surface area contributed by atoms with Gasteiger partial charge in [0, 0.05) is 0 Å². The van der Waals surface area contributed by atoms with E-state index in [9.17, 15) is 0 Å². The van der Waals surface area contributed by atoms with E-state index < -0.39 is 22.8 Å². The van der Waals surface area contributed by atoms with Crippen LogP contribution in [0.25, 0.3) is 0 Å². The maximum Gasteiger partial charge on any atom is 0.150 e. The fraction of sp³-hybridized carbons (Fsp3) is 0.667. The van der Waals surface area contributed by atoms with E-state index in [1.54, 1.807) is 0 Å². The first-order valence-corrected chi connectivity index (χ1v) is 17.2. The van der Waals surface area contributed by atoms with Crippen molar-refractivity contribution in [3.05, 3.63) is 24.6 Å². The molecule has 0 aromatic rings. The van der Waals surface area contributed by atoms with Crippen molar-refractivity contribution >= 4 is 45.0 Å². The van der Waals surface area contributed by atoms with E-state index in [-0.39, 0.29) is 0 Å². The Morgan fingerprint density at radius 2 is 1.06 bits per heavy atom. The molecule has 17 heavy (non-hydrogen) atoms. The Balaban J connectivity index is 4.57. The van der Waals surface area contributed by atoms with Crippen LogP contribution in [0, 0.1) is 0 Å². The highest BCUT2D eigenvalue weighted by Crippen LogP contribution is 2.31. The molecule has 0 aliphatic heterocycles. The molecule has 5 heteroatoms. The monoisotopic (exact) mass is 324 g/mol. The highest BCUT2D eigenvalue weighted by atomic mass is 35.6. The van der Waals surface area contributed by atoms with E-state index in [4.69, 9.17) is 22.2 Å². The molecule has 0 bridgehead atoms. The molecule has 0 unspecified atom stereocenters. The first-order chi connectivity index (χ1) is 7.54. The Morgan fingerprint density at radius 1 is 0.765 bits per heavy atom. The zero-order chi connectivity index (χ0) is 13.7. The van der Waals surface area contributed by atoms with E-state index in [2.05, 4.69) is 50.7 Å². The summed E-state index contributed by atoms with van der Waals surface area (Å²) >= 11 is 12.8. The average Bonchev–Trinajstić information content (AvgIpc) is 2.16. The lowest BCUT2D eigenvalue weighted by atomic mass is 10.9. The Hall–Kier alpha value is 0.711. The van der Waals surface area contributed by atoms with Gasteiger partial charge in [-0.25, -0.2) is 0 Å². The highest BCUT2D eigenvalue weighted by molar-refractivity contribution is 7.20. The SMILES string of the molecule is C=C[Si](C=C)(CC[Si](C)(C)Cl)CC[Si](C)(C)Cl. The van der Waals surface area contributed by atoms with Crippen molar-refractivity contribution in [2.45, 2.75) is 50.4 Å². The quantitative estimate of drug-likeness (QED) is 0.392. The molecule has 0 aliphatic carbocycles. The summed E-state index contributed by atoms with van der Waals surface area (Å²) in [6.07, 6.45) is 0. The summed E-state index contributed by atoms with van der Waals surface area (Å²) in [7, 11) is -4.50. The molecule has 0 rings (SSSR count). The third-order valence-electron chi connectivity index (χ3n) is 3.18. The number of hydrogen-bond donors (Lipinski definition) is 0. The van der Waals surface area contributed by atoms with Gasteiger partial charge in [-0.15, -0.1) is 13.2 Å². The number of rotatable bonds is 8. The van der Waals surface area contributed by atoms with Crippen LogP contribution in [0.5, 0.6) is 0 Å². The third-order valence-corrected chi connectivity index (χ3v) is 12.2. The summed E-state index contributed by atoms with van der Waals surface area (Å²) < 4.78 is 0. The smallest absolute Gasteiger partial charge is 0.150 e. The van der Waals surface area contributed by atoms with Crippen molar-refractivity contribution in [2.75, 3.05) is 0 Å². The molecule has 0 amide bonds. The number of hydrogen-bond acceptors (Lipinski definition) is 0. The van der Waals surface area contributed by atoms with Crippen molar-refractivity contribution < 1.29 is 0 Å². The minimum absolute atomic E-state index is 1.16. The third kappa shape index (κ3) is 8.43. The van der Waals surface area contributed by atoms with Gasteiger partial charge in [-0.3, -0.25) is 0 Å². The van der Waals surface area contributed by atoms with Crippen LogP contribution in [0.15, 0.2) is 24.6 Å². The zero-order valence-corrected chi connectivity index (χ0v) is 16.2. The van der Waals surface area contributed by atoms with Gasteiger partial charge in [0.15, 0.2) is 0 Å². The average molecular weight is 326 g/mol. The predicted molar refractivity (Wildman–Crippen MR) is 92.0 cm³/mol. The van der Waals surface area contributed by atoms with Gasteiger partial charge < -0.3 is 0 Å². The van der Waals surface area contributed by atoms with E-state index in [0.717, 1.165) is 12.1 Å². The highest BCUT2D eigenvalue weighted by Gasteiger charge is 2.31. The van der Waals surface area contributed by atoms with Gasteiger partial charge in [-0.1, -0.05) is 49.7 Å². The van der Waals surface area contributed by atoms with Crippen molar-refractivity contribution in [1.29, 1.82) is 0 Å². The summed E-state index contributed by atoms with van der Waals surface area (Å²) in [5.74, 6) is 0. The molecule has 0 saturated carbocycles. The van der Waals surface area contributed by atoms with Crippen LogP contribution >= 0.6 is 22.2 Å². The lowest BCUT2D eigenvalue weighted by Gasteiger charge is -2.28. The molecular weight excluding hydrogens is 299 g/mol. The Kier molecular flexibility index (Phi) is 7.04. The maximum absolute atomic E-state index is 6.42. The molecule has 0 N–H and O–H groups in total. The molecule has 0 aromatic carbocycles. The van der Waals surface area contributed by atoms with Crippen LogP contribution in [0.2, 0.25) is 50.4 Å². The van der Waals surface area contributed by atoms with Crippen LogP contribution in [0.3, 0.4) is 0 Å². The molecular formula is C12H26Cl2Si3. The molecule has 0 nitrogen and oxygen atoms in total. The molecule has 0 heterocycles. The molecule has 0 aliphatic rings. The zero-order valence-electron chi connectivity index (χ0n) is 11.7. The van der Waals surface area contributed by atoms with Crippen molar-refractivity contribution in [2.24, 2.45) is 0 Å². The molecule has 0 saturated heterocycles. The van der Waals surface area contributed by atoms with Crippen molar-refractivity contribution in [1.82, 2.24) is 0 Å². The maximum atomic E-state index is 6.42. The van der Waals surface area contributed by atoms with Crippen LogP contribution in [-0.2, 0) is 0 Å². The lowest BCUT2D eigenvalue weighted by Crippen LogP contribution is -2.34. The second-order valence-corrected chi connectivity index (χ2v) is 24.4. The van der Waals surface area contributed by atoms with E-state index in [1.165, 1.54) is 12.1 Å². The van der Waals surface area contributed by atoms with E-state index in [1.807, 2.05) is 0 Å². The topological polar surface area (TPSA) is 0 Å².